The van der Waals surface area contributed by atoms with Crippen LogP contribution in [0.3, 0.4) is 0 Å². The number of amides is 1. The van der Waals surface area contributed by atoms with Crippen molar-refractivity contribution >= 4 is 23.3 Å². The molecule has 3 nitrogen and oxygen atoms in total. The Kier molecular flexibility index (Phi) is 3.02. The van der Waals surface area contributed by atoms with E-state index in [0.717, 1.165) is 11.4 Å². The fourth-order valence-electron chi connectivity index (χ4n) is 1.60. The van der Waals surface area contributed by atoms with Crippen LogP contribution in [-0.4, -0.2) is 35.6 Å². The molecular formula is C11H11ClN2O. The summed E-state index contributed by atoms with van der Waals surface area (Å²) in [5.74, 6) is 0.657. The highest BCUT2D eigenvalue weighted by atomic mass is 35.5. The van der Waals surface area contributed by atoms with Crippen molar-refractivity contribution in [3.63, 3.8) is 0 Å². The van der Waals surface area contributed by atoms with E-state index in [-0.39, 0.29) is 11.8 Å². The molecule has 0 aromatic heterocycles. The van der Waals surface area contributed by atoms with Gasteiger partial charge in [0.15, 0.2) is 0 Å². The molecule has 0 radical (unpaired) electrons. The lowest BCUT2D eigenvalue weighted by Gasteiger charge is -2.16. The minimum Gasteiger partial charge on any atom is -0.294 e. The van der Waals surface area contributed by atoms with Gasteiger partial charge in [-0.05, 0) is 0 Å². The average Bonchev–Trinajstić information content (AvgIpc) is 2.78. The highest BCUT2D eigenvalue weighted by molar-refractivity contribution is 6.29. The summed E-state index contributed by atoms with van der Waals surface area (Å²) in [5, 5.41) is 0. The monoisotopic (exact) mass is 222 g/mol. The first-order chi connectivity index (χ1) is 7.33. The van der Waals surface area contributed by atoms with E-state index in [2.05, 4.69) is 4.99 Å². The lowest BCUT2D eigenvalue weighted by atomic mass is 10.2. The van der Waals surface area contributed by atoms with Crippen LogP contribution in [0.4, 0.5) is 0 Å². The van der Waals surface area contributed by atoms with Gasteiger partial charge in [0.1, 0.15) is 11.7 Å². The molecule has 0 aliphatic carbocycles. The highest BCUT2D eigenvalue weighted by Gasteiger charge is 2.23. The summed E-state index contributed by atoms with van der Waals surface area (Å²) in [4.78, 5) is 17.5. The van der Waals surface area contributed by atoms with Crippen molar-refractivity contribution in [1.82, 2.24) is 4.90 Å². The molecule has 1 aliphatic heterocycles. The molecule has 1 aromatic carbocycles. The zero-order valence-electron chi connectivity index (χ0n) is 8.19. The van der Waals surface area contributed by atoms with E-state index in [0.29, 0.717) is 13.1 Å². The number of carbonyl (C=O) groups excluding carboxylic acids is 1. The van der Waals surface area contributed by atoms with Crippen molar-refractivity contribution in [2.45, 2.75) is 0 Å². The summed E-state index contributed by atoms with van der Waals surface area (Å²) < 4.78 is 0. The first-order valence-electron chi connectivity index (χ1n) is 4.79. The number of nitrogens with zero attached hydrogens (tertiary/aromatic N) is 2. The van der Waals surface area contributed by atoms with E-state index in [4.69, 9.17) is 11.6 Å². The third-order valence-electron chi connectivity index (χ3n) is 2.29. The molecule has 0 bridgehead atoms. The number of rotatable bonds is 2. The predicted octanol–water partition coefficient (Wildman–Crippen LogP) is 1.51. The molecule has 0 N–H and O–H groups in total. The smallest absolute Gasteiger partial charge is 0.243 e. The second-order valence-electron chi connectivity index (χ2n) is 3.25. The van der Waals surface area contributed by atoms with E-state index >= 15 is 0 Å². The van der Waals surface area contributed by atoms with Gasteiger partial charge in [0.2, 0.25) is 5.91 Å². The molecule has 0 spiro atoms. The van der Waals surface area contributed by atoms with Crippen LogP contribution in [-0.2, 0) is 4.79 Å². The Bertz CT molecular complexity index is 389. The molecule has 4 heteroatoms. The molecular weight excluding hydrogens is 212 g/mol. The quantitative estimate of drug-likeness (QED) is 0.699. The van der Waals surface area contributed by atoms with Crippen molar-refractivity contribution in [1.29, 1.82) is 0 Å². The van der Waals surface area contributed by atoms with E-state index in [1.54, 1.807) is 4.90 Å². The number of hydrogen-bond donors (Lipinski definition) is 0. The maximum atomic E-state index is 11.5. The normalized spacial score (nSPS) is 15.3. The van der Waals surface area contributed by atoms with Gasteiger partial charge in [0.05, 0.1) is 6.54 Å². The van der Waals surface area contributed by atoms with Crippen LogP contribution in [0.15, 0.2) is 35.3 Å². The van der Waals surface area contributed by atoms with E-state index in [9.17, 15) is 4.79 Å². The Morgan fingerprint density at radius 2 is 2.13 bits per heavy atom. The second-order valence-corrected chi connectivity index (χ2v) is 3.52. The number of hydrogen-bond acceptors (Lipinski definition) is 2. The van der Waals surface area contributed by atoms with E-state index < -0.39 is 0 Å². The Morgan fingerprint density at radius 1 is 1.40 bits per heavy atom. The SMILES string of the molecule is O=C(CCl)N1CCN=C1c1ccccc1. The van der Waals surface area contributed by atoms with Crippen molar-refractivity contribution < 1.29 is 4.79 Å². The standard InChI is InChI=1S/C11H11ClN2O/c12-8-10(15)14-7-6-13-11(14)9-4-2-1-3-5-9/h1-5H,6-8H2. The van der Waals surface area contributed by atoms with Crippen molar-refractivity contribution in [3.8, 4) is 0 Å². The van der Waals surface area contributed by atoms with Gasteiger partial charge in [-0.25, -0.2) is 0 Å². The first kappa shape index (κ1) is 10.2. The molecule has 0 fully saturated rings. The number of aliphatic imine (C=N–C) groups is 1. The van der Waals surface area contributed by atoms with E-state index in [1.165, 1.54) is 0 Å². The van der Waals surface area contributed by atoms with Crippen LogP contribution in [0.1, 0.15) is 5.56 Å². The molecule has 1 aliphatic rings. The van der Waals surface area contributed by atoms with Crippen molar-refractivity contribution in [2.75, 3.05) is 19.0 Å². The molecule has 0 saturated heterocycles. The molecule has 1 heterocycles. The van der Waals surface area contributed by atoms with Gasteiger partial charge in [-0.3, -0.25) is 14.7 Å². The summed E-state index contributed by atoms with van der Waals surface area (Å²) in [6.45, 7) is 1.29. The van der Waals surface area contributed by atoms with Gasteiger partial charge in [0.25, 0.3) is 0 Å². The average molecular weight is 223 g/mol. The van der Waals surface area contributed by atoms with Gasteiger partial charge in [-0.2, -0.15) is 0 Å². The third kappa shape index (κ3) is 2.02. The van der Waals surface area contributed by atoms with Crippen molar-refractivity contribution in [2.24, 2.45) is 4.99 Å². The number of carbonyl (C=O) groups is 1. The van der Waals surface area contributed by atoms with Gasteiger partial charge in [-0.15, -0.1) is 11.6 Å². The lowest BCUT2D eigenvalue weighted by molar-refractivity contribution is -0.124. The van der Waals surface area contributed by atoms with Gasteiger partial charge >= 0.3 is 0 Å². The van der Waals surface area contributed by atoms with Gasteiger partial charge < -0.3 is 0 Å². The molecule has 0 unspecified atom stereocenters. The molecule has 0 atom stereocenters. The number of amidine groups is 1. The molecule has 15 heavy (non-hydrogen) atoms. The fraction of sp³-hybridized carbons (Fsp3) is 0.273. The third-order valence-corrected chi connectivity index (χ3v) is 2.52. The Morgan fingerprint density at radius 3 is 2.80 bits per heavy atom. The zero-order chi connectivity index (χ0) is 10.7. The number of alkyl halides is 1. The molecule has 1 amide bonds. The van der Waals surface area contributed by atoms with Gasteiger partial charge in [-0.1, -0.05) is 30.3 Å². The summed E-state index contributed by atoms with van der Waals surface area (Å²) in [6, 6.07) is 9.68. The Balaban J connectivity index is 2.26. The van der Waals surface area contributed by atoms with Crippen LogP contribution in [0.25, 0.3) is 0 Å². The maximum absolute atomic E-state index is 11.5. The maximum Gasteiger partial charge on any atom is 0.243 e. The minimum atomic E-state index is -0.0863. The Hall–Kier alpha value is -1.35. The Labute approximate surface area is 93.4 Å². The molecule has 78 valence electrons. The summed E-state index contributed by atoms with van der Waals surface area (Å²) in [7, 11) is 0. The van der Waals surface area contributed by atoms with Crippen LogP contribution in [0.5, 0.6) is 0 Å². The van der Waals surface area contributed by atoms with Crippen LogP contribution in [0, 0.1) is 0 Å². The van der Waals surface area contributed by atoms with Crippen LogP contribution < -0.4 is 0 Å². The number of benzene rings is 1. The fourth-order valence-corrected chi connectivity index (χ4v) is 1.74. The summed E-state index contributed by atoms with van der Waals surface area (Å²) >= 11 is 5.54. The zero-order valence-corrected chi connectivity index (χ0v) is 8.94. The highest BCUT2D eigenvalue weighted by Crippen LogP contribution is 2.11. The van der Waals surface area contributed by atoms with Crippen molar-refractivity contribution in [3.05, 3.63) is 35.9 Å². The first-order valence-corrected chi connectivity index (χ1v) is 5.32. The molecule has 1 aromatic rings. The van der Waals surface area contributed by atoms with E-state index in [1.807, 2.05) is 30.3 Å². The lowest BCUT2D eigenvalue weighted by Crippen LogP contribution is -2.35. The van der Waals surface area contributed by atoms with Crippen LogP contribution in [0.2, 0.25) is 0 Å². The topological polar surface area (TPSA) is 32.7 Å². The largest absolute Gasteiger partial charge is 0.294 e. The van der Waals surface area contributed by atoms with Gasteiger partial charge in [0, 0.05) is 12.1 Å². The second kappa shape index (κ2) is 4.45. The minimum absolute atomic E-state index is 0.00581. The molecule has 2 rings (SSSR count). The van der Waals surface area contributed by atoms with Crippen LogP contribution >= 0.6 is 11.6 Å². The number of halogens is 1. The summed E-state index contributed by atoms with van der Waals surface area (Å²) in [5.41, 5.74) is 0.966. The summed E-state index contributed by atoms with van der Waals surface area (Å²) in [6.07, 6.45) is 0. The predicted molar refractivity (Wildman–Crippen MR) is 60.3 cm³/mol. The molecule has 0 saturated carbocycles.